The third-order valence-corrected chi connectivity index (χ3v) is 8.27. The molecule has 134 valence electrons. The normalized spacial score (nSPS) is 32.3. The van der Waals surface area contributed by atoms with E-state index in [0.29, 0.717) is 18.2 Å². The van der Waals surface area contributed by atoms with Crippen LogP contribution in [0.3, 0.4) is 0 Å². The van der Waals surface area contributed by atoms with Crippen LogP contribution in [0.2, 0.25) is 0 Å². The standard InChI is InChI=1S/C16H17BrN2O4S2/c17-10-3-1-4-11(7-10)19-12-8-25(21,22)9-14(12)24-16(19)18-15(20)13-5-2-6-23-13/h1,3-4,7,12-14H,2,5-6,8-9H2/t12-,13-,14+/m0/s1. The van der Waals surface area contributed by atoms with Crippen LogP contribution in [0.15, 0.2) is 33.7 Å². The number of rotatable bonds is 2. The fraction of sp³-hybridized carbons (Fsp3) is 0.500. The minimum Gasteiger partial charge on any atom is -0.368 e. The number of carbonyl (C=O) groups excluding carboxylic acids is 1. The molecule has 9 heteroatoms. The van der Waals surface area contributed by atoms with E-state index in [0.717, 1.165) is 16.6 Å². The molecule has 3 aliphatic heterocycles. The van der Waals surface area contributed by atoms with E-state index in [1.165, 1.54) is 11.8 Å². The van der Waals surface area contributed by atoms with Gasteiger partial charge in [0, 0.05) is 22.0 Å². The summed E-state index contributed by atoms with van der Waals surface area (Å²) in [6.07, 6.45) is 1.09. The van der Waals surface area contributed by atoms with Crippen molar-refractivity contribution in [3.05, 3.63) is 28.7 Å². The number of ether oxygens (including phenoxy) is 1. The van der Waals surface area contributed by atoms with Crippen LogP contribution in [0.4, 0.5) is 5.69 Å². The summed E-state index contributed by atoms with van der Waals surface area (Å²) in [4.78, 5) is 18.6. The molecule has 0 bridgehead atoms. The molecule has 0 unspecified atom stereocenters. The maximum absolute atomic E-state index is 12.4. The highest BCUT2D eigenvalue weighted by Crippen LogP contribution is 2.41. The molecule has 0 aromatic heterocycles. The van der Waals surface area contributed by atoms with Gasteiger partial charge in [0.05, 0.1) is 17.5 Å². The van der Waals surface area contributed by atoms with Crippen molar-refractivity contribution in [1.29, 1.82) is 0 Å². The Labute approximate surface area is 159 Å². The number of hydrogen-bond acceptors (Lipinski definition) is 5. The number of amides is 1. The zero-order chi connectivity index (χ0) is 17.6. The Morgan fingerprint density at radius 1 is 1.36 bits per heavy atom. The molecule has 3 fully saturated rings. The monoisotopic (exact) mass is 444 g/mol. The highest BCUT2D eigenvalue weighted by Gasteiger charge is 2.49. The molecule has 4 rings (SSSR count). The highest BCUT2D eigenvalue weighted by molar-refractivity contribution is 9.10. The van der Waals surface area contributed by atoms with Gasteiger partial charge in [0.1, 0.15) is 6.10 Å². The predicted octanol–water partition coefficient (Wildman–Crippen LogP) is 2.23. The smallest absolute Gasteiger partial charge is 0.277 e. The molecule has 1 aromatic carbocycles. The van der Waals surface area contributed by atoms with Crippen LogP contribution >= 0.6 is 27.7 Å². The van der Waals surface area contributed by atoms with Gasteiger partial charge in [-0.05, 0) is 31.0 Å². The van der Waals surface area contributed by atoms with Gasteiger partial charge in [-0.15, -0.1) is 0 Å². The Morgan fingerprint density at radius 2 is 2.20 bits per heavy atom. The molecule has 3 aliphatic rings. The fourth-order valence-corrected chi connectivity index (χ4v) is 7.74. The fourth-order valence-electron chi connectivity index (χ4n) is 3.43. The lowest BCUT2D eigenvalue weighted by Crippen LogP contribution is -2.38. The lowest BCUT2D eigenvalue weighted by atomic mass is 10.2. The van der Waals surface area contributed by atoms with Gasteiger partial charge in [-0.1, -0.05) is 33.8 Å². The second-order valence-electron chi connectivity index (χ2n) is 6.38. The van der Waals surface area contributed by atoms with Gasteiger partial charge in [0.25, 0.3) is 5.91 Å². The SMILES string of the molecule is O=C(N=C1S[C@@H]2CS(=O)(=O)C[C@@H]2N1c1cccc(Br)c1)[C@@H]1CCCO1. The van der Waals surface area contributed by atoms with E-state index in [1.807, 2.05) is 29.2 Å². The first kappa shape index (κ1) is 17.5. The molecule has 0 N–H and O–H groups in total. The Morgan fingerprint density at radius 3 is 2.92 bits per heavy atom. The van der Waals surface area contributed by atoms with Crippen LogP contribution < -0.4 is 4.90 Å². The summed E-state index contributed by atoms with van der Waals surface area (Å²) in [6.45, 7) is 0.591. The van der Waals surface area contributed by atoms with Crippen molar-refractivity contribution in [2.75, 3.05) is 23.0 Å². The molecule has 3 heterocycles. The number of amidine groups is 1. The average Bonchev–Trinajstić information content (AvgIpc) is 3.21. The van der Waals surface area contributed by atoms with Crippen LogP contribution in [0.1, 0.15) is 12.8 Å². The number of sulfone groups is 1. The van der Waals surface area contributed by atoms with Gasteiger partial charge in [0.2, 0.25) is 0 Å². The van der Waals surface area contributed by atoms with Crippen LogP contribution in [0.25, 0.3) is 0 Å². The van der Waals surface area contributed by atoms with Crippen molar-refractivity contribution < 1.29 is 17.9 Å². The number of benzene rings is 1. The first-order chi connectivity index (χ1) is 11.9. The summed E-state index contributed by atoms with van der Waals surface area (Å²) >= 11 is 4.83. The van der Waals surface area contributed by atoms with E-state index < -0.39 is 15.9 Å². The quantitative estimate of drug-likeness (QED) is 0.695. The van der Waals surface area contributed by atoms with Gasteiger partial charge >= 0.3 is 0 Å². The molecule has 0 saturated carbocycles. The number of carbonyl (C=O) groups is 1. The second-order valence-corrected chi connectivity index (χ2v) is 10.7. The Balaban J connectivity index is 1.69. The summed E-state index contributed by atoms with van der Waals surface area (Å²) in [5, 5.41) is 0.475. The zero-order valence-electron chi connectivity index (χ0n) is 13.3. The van der Waals surface area contributed by atoms with E-state index in [2.05, 4.69) is 20.9 Å². The summed E-state index contributed by atoms with van der Waals surface area (Å²) in [6, 6.07) is 7.43. The third kappa shape index (κ3) is 3.51. The molecule has 0 aliphatic carbocycles. The van der Waals surface area contributed by atoms with Crippen molar-refractivity contribution >= 4 is 54.3 Å². The first-order valence-corrected chi connectivity index (χ1v) is 11.6. The van der Waals surface area contributed by atoms with Crippen LogP contribution in [-0.2, 0) is 19.4 Å². The molecule has 0 spiro atoms. The number of anilines is 1. The molecular formula is C16H17BrN2O4S2. The lowest BCUT2D eigenvalue weighted by Gasteiger charge is -2.24. The van der Waals surface area contributed by atoms with Crippen molar-refractivity contribution in [2.45, 2.75) is 30.2 Å². The van der Waals surface area contributed by atoms with Crippen molar-refractivity contribution in [2.24, 2.45) is 4.99 Å². The third-order valence-electron chi connectivity index (χ3n) is 4.56. The number of hydrogen-bond donors (Lipinski definition) is 0. The maximum Gasteiger partial charge on any atom is 0.277 e. The van der Waals surface area contributed by atoms with Gasteiger partial charge in [0.15, 0.2) is 15.0 Å². The van der Waals surface area contributed by atoms with Crippen LogP contribution in [0, 0.1) is 0 Å². The van der Waals surface area contributed by atoms with Gasteiger partial charge in [-0.2, -0.15) is 4.99 Å². The largest absolute Gasteiger partial charge is 0.368 e. The molecule has 6 nitrogen and oxygen atoms in total. The molecule has 1 amide bonds. The number of aliphatic imine (C=N–C) groups is 1. The van der Waals surface area contributed by atoms with E-state index in [9.17, 15) is 13.2 Å². The number of fused-ring (bicyclic) bond motifs is 1. The summed E-state index contributed by atoms with van der Waals surface area (Å²) in [5.41, 5.74) is 0.838. The minimum atomic E-state index is -3.06. The zero-order valence-corrected chi connectivity index (χ0v) is 16.5. The van der Waals surface area contributed by atoms with E-state index in [1.54, 1.807) is 0 Å². The second kappa shape index (κ2) is 6.68. The molecule has 3 atom stereocenters. The number of thioether (sulfide) groups is 1. The predicted molar refractivity (Wildman–Crippen MR) is 102 cm³/mol. The minimum absolute atomic E-state index is 0.0876. The molecule has 0 radical (unpaired) electrons. The Bertz CT molecular complexity index is 836. The summed E-state index contributed by atoms with van der Waals surface area (Å²) < 4.78 is 30.4. The van der Waals surface area contributed by atoms with Gasteiger partial charge in [-0.25, -0.2) is 8.42 Å². The Hall–Kier alpha value is -0.900. The van der Waals surface area contributed by atoms with Gasteiger partial charge in [-0.3, -0.25) is 4.79 Å². The molecule has 25 heavy (non-hydrogen) atoms. The van der Waals surface area contributed by atoms with E-state index >= 15 is 0 Å². The lowest BCUT2D eigenvalue weighted by molar-refractivity contribution is -0.126. The average molecular weight is 445 g/mol. The molecular weight excluding hydrogens is 428 g/mol. The van der Waals surface area contributed by atoms with E-state index in [-0.39, 0.29) is 28.7 Å². The van der Waals surface area contributed by atoms with Crippen LogP contribution in [-0.4, -0.2) is 55.0 Å². The van der Waals surface area contributed by atoms with Crippen molar-refractivity contribution in [3.63, 3.8) is 0 Å². The van der Waals surface area contributed by atoms with Crippen molar-refractivity contribution in [3.8, 4) is 0 Å². The molecule has 3 saturated heterocycles. The van der Waals surface area contributed by atoms with Crippen molar-refractivity contribution in [1.82, 2.24) is 0 Å². The summed E-state index contributed by atoms with van der Waals surface area (Å²) in [5.74, 6) is -0.0626. The number of nitrogens with zero attached hydrogens (tertiary/aromatic N) is 2. The topological polar surface area (TPSA) is 76.0 Å². The van der Waals surface area contributed by atoms with E-state index in [4.69, 9.17) is 4.74 Å². The maximum atomic E-state index is 12.4. The Kier molecular flexibility index (Phi) is 4.68. The number of halogens is 1. The van der Waals surface area contributed by atoms with Gasteiger partial charge < -0.3 is 9.64 Å². The highest BCUT2D eigenvalue weighted by atomic mass is 79.9. The first-order valence-electron chi connectivity index (χ1n) is 8.09. The van der Waals surface area contributed by atoms with Crippen LogP contribution in [0.5, 0.6) is 0 Å². The summed E-state index contributed by atoms with van der Waals surface area (Å²) in [7, 11) is -3.06. The molecule has 1 aromatic rings.